The molecule has 0 saturated heterocycles. The van der Waals surface area contributed by atoms with Crippen LogP contribution in [0.4, 0.5) is 0 Å². The van der Waals surface area contributed by atoms with Crippen molar-refractivity contribution in [3.8, 4) is 17.1 Å². The standard InChI is InChI=1S/C28H43N5O4S/c1-8-11-13-17-33(18-14-12-9-2)38(35,36)20-15-16-22(37-10-3)21(19-20)26-29-23-24(27(34)30-26)32(7)31-25(23)28(4,5)6/h15-16,19H,8-14,17-18H2,1-7H3,(H,29,30,34). The summed E-state index contributed by atoms with van der Waals surface area (Å²) in [6, 6.07) is 4.81. The second-order valence-electron chi connectivity index (χ2n) is 10.7. The number of fused-ring (bicyclic) bond motifs is 1. The zero-order chi connectivity index (χ0) is 28.1. The van der Waals surface area contributed by atoms with Gasteiger partial charge in [0, 0.05) is 25.6 Å². The highest BCUT2D eigenvalue weighted by Gasteiger charge is 2.28. The molecule has 0 unspecified atom stereocenters. The molecule has 0 saturated carbocycles. The highest BCUT2D eigenvalue weighted by molar-refractivity contribution is 7.89. The van der Waals surface area contributed by atoms with Gasteiger partial charge in [-0.1, -0.05) is 60.3 Å². The maximum Gasteiger partial charge on any atom is 0.277 e. The van der Waals surface area contributed by atoms with Crippen LogP contribution in [-0.4, -0.2) is 52.2 Å². The van der Waals surface area contributed by atoms with Crippen LogP contribution in [0.5, 0.6) is 5.75 Å². The van der Waals surface area contributed by atoms with Crippen LogP contribution in [0.3, 0.4) is 0 Å². The molecular weight excluding hydrogens is 502 g/mol. The Morgan fingerprint density at radius 1 is 1.03 bits per heavy atom. The smallest absolute Gasteiger partial charge is 0.277 e. The van der Waals surface area contributed by atoms with Crippen molar-refractivity contribution >= 4 is 21.1 Å². The number of benzene rings is 1. The lowest BCUT2D eigenvalue weighted by Gasteiger charge is -2.23. The number of hydrogen-bond acceptors (Lipinski definition) is 6. The first-order valence-corrected chi connectivity index (χ1v) is 15.1. The lowest BCUT2D eigenvalue weighted by Crippen LogP contribution is -2.33. The molecule has 10 heteroatoms. The Bertz CT molecular complexity index is 1390. The molecule has 0 aliphatic rings. The molecule has 2 heterocycles. The Kier molecular flexibility index (Phi) is 9.75. The molecule has 2 aromatic heterocycles. The molecule has 3 rings (SSSR count). The van der Waals surface area contributed by atoms with Gasteiger partial charge in [0.2, 0.25) is 10.0 Å². The van der Waals surface area contributed by atoms with Crippen molar-refractivity contribution in [1.82, 2.24) is 24.1 Å². The van der Waals surface area contributed by atoms with Crippen molar-refractivity contribution in [1.29, 1.82) is 0 Å². The molecule has 0 atom stereocenters. The highest BCUT2D eigenvalue weighted by atomic mass is 32.2. The van der Waals surface area contributed by atoms with Crippen LogP contribution >= 0.6 is 0 Å². The summed E-state index contributed by atoms with van der Waals surface area (Å²) in [7, 11) is -2.04. The molecule has 0 bridgehead atoms. The molecule has 0 aliphatic carbocycles. The van der Waals surface area contributed by atoms with E-state index in [1.807, 2.05) is 27.7 Å². The molecule has 210 valence electrons. The number of aromatic amines is 1. The van der Waals surface area contributed by atoms with Gasteiger partial charge in [0.15, 0.2) is 5.52 Å². The number of ether oxygens (including phenoxy) is 1. The summed E-state index contributed by atoms with van der Waals surface area (Å²) in [6.45, 7) is 13.5. The first-order valence-electron chi connectivity index (χ1n) is 13.7. The minimum Gasteiger partial charge on any atom is -0.493 e. The van der Waals surface area contributed by atoms with E-state index in [9.17, 15) is 13.2 Å². The third-order valence-electron chi connectivity index (χ3n) is 6.57. The number of sulfonamides is 1. The number of nitrogens with one attached hydrogen (secondary N) is 1. The fraction of sp³-hybridized carbons (Fsp3) is 0.607. The summed E-state index contributed by atoms with van der Waals surface area (Å²) in [5.41, 5.74) is 1.31. The molecule has 0 fully saturated rings. The van der Waals surface area contributed by atoms with Gasteiger partial charge in [-0.25, -0.2) is 13.4 Å². The van der Waals surface area contributed by atoms with Gasteiger partial charge in [0.05, 0.1) is 22.8 Å². The predicted octanol–water partition coefficient (Wildman–Crippen LogP) is 5.39. The minimum absolute atomic E-state index is 0.161. The van der Waals surface area contributed by atoms with Crippen molar-refractivity contribution in [2.24, 2.45) is 7.05 Å². The van der Waals surface area contributed by atoms with E-state index in [1.54, 1.807) is 34.2 Å². The van der Waals surface area contributed by atoms with Crippen molar-refractivity contribution < 1.29 is 13.2 Å². The van der Waals surface area contributed by atoms with E-state index in [1.165, 1.54) is 0 Å². The van der Waals surface area contributed by atoms with Crippen LogP contribution in [0.1, 0.15) is 85.8 Å². The molecule has 0 radical (unpaired) electrons. The topological polar surface area (TPSA) is 110 Å². The van der Waals surface area contributed by atoms with Crippen LogP contribution < -0.4 is 10.3 Å². The number of hydrogen-bond donors (Lipinski definition) is 1. The third-order valence-corrected chi connectivity index (χ3v) is 8.46. The fourth-order valence-electron chi connectivity index (χ4n) is 4.53. The van der Waals surface area contributed by atoms with Crippen molar-refractivity contribution in [3.63, 3.8) is 0 Å². The van der Waals surface area contributed by atoms with Gasteiger partial charge in [0.25, 0.3) is 5.56 Å². The van der Waals surface area contributed by atoms with E-state index in [0.29, 0.717) is 47.7 Å². The molecule has 0 aliphatic heterocycles. The normalized spacial score (nSPS) is 12.5. The summed E-state index contributed by atoms with van der Waals surface area (Å²) >= 11 is 0. The van der Waals surface area contributed by atoms with Crippen molar-refractivity contribution in [3.05, 3.63) is 34.2 Å². The van der Waals surface area contributed by atoms with Gasteiger partial charge in [-0.2, -0.15) is 9.40 Å². The Labute approximate surface area is 226 Å². The Morgan fingerprint density at radius 3 is 2.21 bits per heavy atom. The number of H-pyrrole nitrogens is 1. The molecule has 0 amide bonds. The largest absolute Gasteiger partial charge is 0.493 e. The average molecular weight is 546 g/mol. The SMILES string of the molecule is CCCCCN(CCCCC)S(=O)(=O)c1ccc(OCC)c(-c2nc3c(C(C)(C)C)nn(C)c3c(=O)[nH]2)c1. The molecule has 9 nitrogen and oxygen atoms in total. The monoisotopic (exact) mass is 545 g/mol. The first-order chi connectivity index (χ1) is 17.9. The van der Waals surface area contributed by atoms with Gasteiger partial charge in [-0.3, -0.25) is 9.48 Å². The summed E-state index contributed by atoms with van der Waals surface area (Å²) in [5, 5.41) is 4.57. The maximum absolute atomic E-state index is 13.8. The molecular formula is C28H43N5O4S. The zero-order valence-corrected chi connectivity index (χ0v) is 24.7. The minimum atomic E-state index is -3.76. The summed E-state index contributed by atoms with van der Waals surface area (Å²) in [6.07, 6.45) is 5.61. The number of aryl methyl sites for hydroxylation is 1. The maximum atomic E-state index is 13.8. The second kappa shape index (κ2) is 12.4. The van der Waals surface area contributed by atoms with Gasteiger partial charge < -0.3 is 9.72 Å². The molecule has 1 aromatic carbocycles. The van der Waals surface area contributed by atoms with Crippen molar-refractivity contribution in [2.45, 2.75) is 90.4 Å². The van der Waals surface area contributed by atoms with Crippen LogP contribution in [0.15, 0.2) is 27.9 Å². The first kappa shape index (κ1) is 29.8. The van der Waals surface area contributed by atoms with Crippen molar-refractivity contribution in [2.75, 3.05) is 19.7 Å². The van der Waals surface area contributed by atoms with Crippen LogP contribution in [0.2, 0.25) is 0 Å². The Morgan fingerprint density at radius 2 is 1.66 bits per heavy atom. The van der Waals surface area contributed by atoms with E-state index in [-0.39, 0.29) is 21.7 Å². The highest BCUT2D eigenvalue weighted by Crippen LogP contribution is 2.33. The lowest BCUT2D eigenvalue weighted by molar-refractivity contribution is 0.341. The summed E-state index contributed by atoms with van der Waals surface area (Å²) in [5.74, 6) is 0.712. The fourth-order valence-corrected chi connectivity index (χ4v) is 6.07. The molecule has 1 N–H and O–H groups in total. The van der Waals surface area contributed by atoms with Gasteiger partial charge >= 0.3 is 0 Å². The molecule has 38 heavy (non-hydrogen) atoms. The van der Waals surface area contributed by atoms with Crippen LogP contribution in [-0.2, 0) is 22.5 Å². The average Bonchev–Trinajstić information content (AvgIpc) is 3.21. The third kappa shape index (κ3) is 6.46. The molecule has 0 spiro atoms. The molecule has 3 aromatic rings. The Hall–Kier alpha value is -2.72. The van der Waals surface area contributed by atoms with Gasteiger partial charge in [-0.05, 0) is 38.0 Å². The number of aromatic nitrogens is 4. The Balaban J connectivity index is 2.17. The second-order valence-corrected chi connectivity index (χ2v) is 12.7. The lowest BCUT2D eigenvalue weighted by atomic mass is 9.91. The number of rotatable bonds is 13. The summed E-state index contributed by atoms with van der Waals surface area (Å²) < 4.78 is 36.6. The summed E-state index contributed by atoms with van der Waals surface area (Å²) in [4.78, 5) is 21.0. The van der Waals surface area contributed by atoms with Crippen LogP contribution in [0.25, 0.3) is 22.4 Å². The number of nitrogens with zero attached hydrogens (tertiary/aromatic N) is 4. The van der Waals surface area contributed by atoms with E-state index >= 15 is 0 Å². The quantitative estimate of drug-likeness (QED) is 0.288. The zero-order valence-electron chi connectivity index (χ0n) is 23.9. The van der Waals surface area contributed by atoms with E-state index in [0.717, 1.165) is 38.5 Å². The van der Waals surface area contributed by atoms with Crippen LogP contribution in [0, 0.1) is 0 Å². The predicted molar refractivity (Wildman–Crippen MR) is 152 cm³/mol. The number of unbranched alkanes of at least 4 members (excludes halogenated alkanes) is 4. The van der Waals surface area contributed by atoms with E-state index in [2.05, 4.69) is 23.9 Å². The van der Waals surface area contributed by atoms with E-state index < -0.39 is 10.0 Å². The van der Waals surface area contributed by atoms with Gasteiger partial charge in [0.1, 0.15) is 17.1 Å². The van der Waals surface area contributed by atoms with E-state index in [4.69, 9.17) is 9.72 Å². The van der Waals surface area contributed by atoms with Gasteiger partial charge in [-0.15, -0.1) is 0 Å².